The molecule has 1 N–H and O–H groups in total. The third kappa shape index (κ3) is 3.40. The molecule has 2 aromatic rings. The minimum atomic E-state index is 0.415. The van der Waals surface area contributed by atoms with Gasteiger partial charge in [-0.2, -0.15) is 5.10 Å². The molecule has 1 atom stereocenters. The molecule has 3 nitrogen and oxygen atoms in total. The Labute approximate surface area is 114 Å². The van der Waals surface area contributed by atoms with E-state index in [1.54, 1.807) is 11.3 Å². The number of hydrogen-bond donors (Lipinski definition) is 1. The van der Waals surface area contributed by atoms with Crippen molar-refractivity contribution in [2.75, 3.05) is 7.05 Å². The van der Waals surface area contributed by atoms with Gasteiger partial charge in [0.25, 0.3) is 0 Å². The standard InChI is InChI=1S/C12H16BrN3S/c1-14-11(10-5-12(13)17-8-10)4-3-9-6-15-16(2)7-9/h5-8,11,14H,3-4H2,1-2H3. The average Bonchev–Trinajstić information content (AvgIpc) is 2.89. The van der Waals surface area contributed by atoms with Crippen molar-refractivity contribution >= 4 is 27.3 Å². The topological polar surface area (TPSA) is 29.9 Å². The maximum absolute atomic E-state index is 4.19. The van der Waals surface area contributed by atoms with E-state index in [1.807, 2.05) is 25.0 Å². The zero-order valence-electron chi connectivity index (χ0n) is 9.98. The normalized spacial score (nSPS) is 12.9. The van der Waals surface area contributed by atoms with E-state index >= 15 is 0 Å². The van der Waals surface area contributed by atoms with Gasteiger partial charge in [-0.15, -0.1) is 11.3 Å². The molecule has 0 aromatic carbocycles. The van der Waals surface area contributed by atoms with Crippen LogP contribution in [0.1, 0.15) is 23.6 Å². The van der Waals surface area contributed by atoms with Crippen LogP contribution in [0.25, 0.3) is 0 Å². The summed E-state index contributed by atoms with van der Waals surface area (Å²) in [6, 6.07) is 2.60. The highest BCUT2D eigenvalue weighted by Crippen LogP contribution is 2.27. The predicted molar refractivity (Wildman–Crippen MR) is 75.3 cm³/mol. The van der Waals surface area contributed by atoms with Gasteiger partial charge in [0.05, 0.1) is 9.98 Å². The molecule has 0 amide bonds. The van der Waals surface area contributed by atoms with Crippen LogP contribution in [-0.2, 0) is 13.5 Å². The Morgan fingerprint density at radius 2 is 2.41 bits per heavy atom. The van der Waals surface area contributed by atoms with Gasteiger partial charge in [0.2, 0.25) is 0 Å². The van der Waals surface area contributed by atoms with Gasteiger partial charge in [0, 0.05) is 19.3 Å². The number of halogens is 1. The fraction of sp³-hybridized carbons (Fsp3) is 0.417. The number of rotatable bonds is 5. The molecule has 0 radical (unpaired) electrons. The second-order valence-corrected chi connectivity index (χ2v) is 6.38. The molecule has 5 heteroatoms. The van der Waals surface area contributed by atoms with Gasteiger partial charge >= 0.3 is 0 Å². The molecular formula is C12H16BrN3S. The summed E-state index contributed by atoms with van der Waals surface area (Å²) in [6.45, 7) is 0. The quantitative estimate of drug-likeness (QED) is 0.919. The zero-order valence-corrected chi connectivity index (χ0v) is 12.4. The average molecular weight is 314 g/mol. The minimum absolute atomic E-state index is 0.415. The number of hydrogen-bond acceptors (Lipinski definition) is 3. The second-order valence-electron chi connectivity index (χ2n) is 4.09. The Hall–Kier alpha value is -0.650. The van der Waals surface area contributed by atoms with Crippen molar-refractivity contribution in [3.05, 3.63) is 38.8 Å². The van der Waals surface area contributed by atoms with E-state index in [2.05, 4.69) is 44.0 Å². The van der Waals surface area contributed by atoms with E-state index in [4.69, 9.17) is 0 Å². The number of nitrogens with zero attached hydrogens (tertiary/aromatic N) is 2. The van der Waals surface area contributed by atoms with E-state index in [0.29, 0.717) is 6.04 Å². The Morgan fingerprint density at radius 1 is 1.59 bits per heavy atom. The van der Waals surface area contributed by atoms with Crippen molar-refractivity contribution in [1.82, 2.24) is 15.1 Å². The Morgan fingerprint density at radius 3 is 2.94 bits per heavy atom. The first-order chi connectivity index (χ1) is 8.19. The van der Waals surface area contributed by atoms with Crippen molar-refractivity contribution in [2.45, 2.75) is 18.9 Å². The van der Waals surface area contributed by atoms with E-state index in [0.717, 1.165) is 12.8 Å². The maximum atomic E-state index is 4.19. The minimum Gasteiger partial charge on any atom is -0.313 e. The van der Waals surface area contributed by atoms with Crippen LogP contribution in [0, 0.1) is 0 Å². The van der Waals surface area contributed by atoms with Gasteiger partial charge in [-0.05, 0) is 58.4 Å². The van der Waals surface area contributed by atoms with Gasteiger partial charge in [-0.3, -0.25) is 4.68 Å². The highest BCUT2D eigenvalue weighted by molar-refractivity contribution is 9.11. The largest absolute Gasteiger partial charge is 0.313 e. The third-order valence-corrected chi connectivity index (χ3v) is 4.34. The summed E-state index contributed by atoms with van der Waals surface area (Å²) < 4.78 is 3.04. The molecule has 0 aliphatic rings. The van der Waals surface area contributed by atoms with Gasteiger partial charge in [-0.1, -0.05) is 0 Å². The lowest BCUT2D eigenvalue weighted by molar-refractivity contribution is 0.550. The lowest BCUT2D eigenvalue weighted by atomic mass is 10.0. The van der Waals surface area contributed by atoms with Gasteiger partial charge in [0.15, 0.2) is 0 Å². The molecule has 2 aromatic heterocycles. The summed E-state index contributed by atoms with van der Waals surface area (Å²) in [4.78, 5) is 0. The summed E-state index contributed by atoms with van der Waals surface area (Å²) in [6.07, 6.45) is 6.16. The third-order valence-electron chi connectivity index (χ3n) is 2.82. The van der Waals surface area contributed by atoms with Gasteiger partial charge in [-0.25, -0.2) is 0 Å². The van der Waals surface area contributed by atoms with Crippen LogP contribution in [-0.4, -0.2) is 16.8 Å². The second kappa shape index (κ2) is 5.80. The van der Waals surface area contributed by atoms with Crippen LogP contribution in [0.4, 0.5) is 0 Å². The van der Waals surface area contributed by atoms with Crippen molar-refractivity contribution in [3.8, 4) is 0 Å². The summed E-state index contributed by atoms with van der Waals surface area (Å²) in [5.74, 6) is 0. The number of aryl methyl sites for hydroxylation is 2. The zero-order chi connectivity index (χ0) is 12.3. The van der Waals surface area contributed by atoms with Crippen LogP contribution in [0.5, 0.6) is 0 Å². The van der Waals surface area contributed by atoms with Crippen LogP contribution < -0.4 is 5.32 Å². The molecule has 17 heavy (non-hydrogen) atoms. The fourth-order valence-corrected chi connectivity index (χ4v) is 3.13. The summed E-state index contributed by atoms with van der Waals surface area (Å²) in [5, 5.41) is 9.76. The smallest absolute Gasteiger partial charge is 0.0701 e. The number of aromatic nitrogens is 2. The monoisotopic (exact) mass is 313 g/mol. The Balaban J connectivity index is 1.96. The van der Waals surface area contributed by atoms with E-state index in [-0.39, 0.29) is 0 Å². The molecule has 1 unspecified atom stereocenters. The molecule has 0 aliphatic carbocycles. The Bertz CT molecular complexity index is 478. The van der Waals surface area contributed by atoms with Crippen LogP contribution in [0.2, 0.25) is 0 Å². The fourth-order valence-electron chi connectivity index (χ4n) is 1.90. The van der Waals surface area contributed by atoms with Crippen LogP contribution in [0.3, 0.4) is 0 Å². The molecule has 0 saturated carbocycles. The predicted octanol–water partition coefficient (Wildman–Crippen LogP) is 3.14. The molecule has 92 valence electrons. The summed E-state index contributed by atoms with van der Waals surface area (Å²) >= 11 is 5.24. The van der Waals surface area contributed by atoms with Crippen molar-refractivity contribution in [1.29, 1.82) is 0 Å². The van der Waals surface area contributed by atoms with E-state index in [9.17, 15) is 0 Å². The molecule has 0 fully saturated rings. The lowest BCUT2D eigenvalue weighted by Gasteiger charge is -2.13. The van der Waals surface area contributed by atoms with Crippen molar-refractivity contribution < 1.29 is 0 Å². The number of thiophene rings is 1. The van der Waals surface area contributed by atoms with Crippen molar-refractivity contribution in [3.63, 3.8) is 0 Å². The SMILES string of the molecule is CNC(CCc1cnn(C)c1)c1csc(Br)c1. The highest BCUT2D eigenvalue weighted by Gasteiger charge is 2.11. The maximum Gasteiger partial charge on any atom is 0.0701 e. The summed E-state index contributed by atoms with van der Waals surface area (Å²) in [7, 11) is 3.97. The first-order valence-corrected chi connectivity index (χ1v) is 7.25. The highest BCUT2D eigenvalue weighted by atomic mass is 79.9. The molecule has 0 bridgehead atoms. The van der Waals surface area contributed by atoms with Gasteiger partial charge in [0.1, 0.15) is 0 Å². The van der Waals surface area contributed by atoms with Crippen molar-refractivity contribution in [2.24, 2.45) is 7.05 Å². The number of nitrogens with one attached hydrogen (secondary N) is 1. The summed E-state index contributed by atoms with van der Waals surface area (Å²) in [5.41, 5.74) is 2.65. The Kier molecular flexibility index (Phi) is 4.36. The molecule has 2 heterocycles. The van der Waals surface area contributed by atoms with Gasteiger partial charge < -0.3 is 5.32 Å². The first kappa shape index (κ1) is 12.8. The molecule has 0 aliphatic heterocycles. The van der Waals surface area contributed by atoms with E-state index in [1.165, 1.54) is 14.9 Å². The molecule has 0 spiro atoms. The lowest BCUT2D eigenvalue weighted by Crippen LogP contribution is -2.16. The van der Waals surface area contributed by atoms with Crippen LogP contribution in [0.15, 0.2) is 27.6 Å². The first-order valence-electron chi connectivity index (χ1n) is 5.57. The van der Waals surface area contributed by atoms with Crippen LogP contribution >= 0.6 is 27.3 Å². The molecule has 0 saturated heterocycles. The molecular weight excluding hydrogens is 298 g/mol. The molecule has 2 rings (SSSR count). The van der Waals surface area contributed by atoms with E-state index < -0.39 is 0 Å².